The molecule has 82 valence electrons. The van der Waals surface area contributed by atoms with Gasteiger partial charge in [0.25, 0.3) is 0 Å². The van der Waals surface area contributed by atoms with E-state index in [0.29, 0.717) is 5.69 Å². The first-order valence-corrected chi connectivity index (χ1v) is 5.35. The lowest BCUT2D eigenvalue weighted by Crippen LogP contribution is -2.03. The molecule has 1 aromatic carbocycles. The molecular weight excluding hydrogens is 189 g/mol. The lowest BCUT2D eigenvalue weighted by atomic mass is 10.2. The van der Waals surface area contributed by atoms with Gasteiger partial charge in [0, 0.05) is 6.54 Å². The largest absolute Gasteiger partial charge is 0.383 e. The number of hydrogen-bond donors (Lipinski definition) is 1. The third-order valence-electron chi connectivity index (χ3n) is 2.28. The van der Waals surface area contributed by atoms with Crippen LogP contribution in [0.1, 0.15) is 24.8 Å². The number of nitrogens with one attached hydrogen (secondary N) is 1. The van der Waals surface area contributed by atoms with Crippen molar-refractivity contribution in [1.82, 2.24) is 0 Å². The topological polar surface area (TPSA) is 12.0 Å². The van der Waals surface area contributed by atoms with Crippen LogP contribution in [0.4, 0.5) is 10.1 Å². The molecule has 0 atom stereocenters. The van der Waals surface area contributed by atoms with Crippen LogP contribution in [0.3, 0.4) is 0 Å². The lowest BCUT2D eigenvalue weighted by molar-refractivity contribution is 0.628. The third kappa shape index (κ3) is 4.15. The van der Waals surface area contributed by atoms with Gasteiger partial charge in [-0.05, 0) is 43.9 Å². The van der Waals surface area contributed by atoms with Crippen molar-refractivity contribution in [1.29, 1.82) is 0 Å². The van der Waals surface area contributed by atoms with Gasteiger partial charge in [0.2, 0.25) is 0 Å². The van der Waals surface area contributed by atoms with E-state index in [4.69, 9.17) is 0 Å². The minimum Gasteiger partial charge on any atom is -0.383 e. The fraction of sp³-hybridized carbons (Fsp3) is 0.385. The van der Waals surface area contributed by atoms with E-state index < -0.39 is 0 Å². The molecule has 0 saturated heterocycles. The lowest BCUT2D eigenvalue weighted by Gasteiger charge is -2.07. The van der Waals surface area contributed by atoms with Crippen molar-refractivity contribution in [3.63, 3.8) is 0 Å². The first-order chi connectivity index (χ1) is 7.24. The zero-order chi connectivity index (χ0) is 11.1. The van der Waals surface area contributed by atoms with E-state index in [9.17, 15) is 4.39 Å². The maximum atomic E-state index is 13.3. The van der Waals surface area contributed by atoms with E-state index in [2.05, 4.69) is 11.9 Å². The molecule has 0 aliphatic heterocycles. The van der Waals surface area contributed by atoms with Gasteiger partial charge in [-0.15, -0.1) is 6.58 Å². The molecular formula is C13H18FN. The Labute approximate surface area is 91.0 Å². The van der Waals surface area contributed by atoms with Crippen molar-refractivity contribution in [3.05, 3.63) is 42.2 Å². The van der Waals surface area contributed by atoms with Crippen LogP contribution >= 0.6 is 0 Å². The number of hydrogen-bond acceptors (Lipinski definition) is 1. The van der Waals surface area contributed by atoms with Gasteiger partial charge in [-0.25, -0.2) is 4.39 Å². The van der Waals surface area contributed by atoms with Crippen LogP contribution in [-0.4, -0.2) is 6.54 Å². The van der Waals surface area contributed by atoms with Crippen molar-refractivity contribution < 1.29 is 4.39 Å². The molecule has 1 N–H and O–H groups in total. The Hall–Kier alpha value is -1.31. The third-order valence-corrected chi connectivity index (χ3v) is 2.28. The molecule has 0 aliphatic rings. The fourth-order valence-electron chi connectivity index (χ4n) is 1.40. The Morgan fingerprint density at radius 3 is 2.87 bits per heavy atom. The molecule has 1 rings (SSSR count). The molecule has 0 amide bonds. The predicted octanol–water partition coefficient (Wildman–Crippen LogP) is 3.90. The average Bonchev–Trinajstić information content (AvgIpc) is 2.20. The highest BCUT2D eigenvalue weighted by molar-refractivity contribution is 5.45. The van der Waals surface area contributed by atoms with Gasteiger partial charge in [0.05, 0.1) is 5.69 Å². The van der Waals surface area contributed by atoms with Gasteiger partial charge in [-0.2, -0.15) is 0 Å². The van der Waals surface area contributed by atoms with E-state index in [1.807, 2.05) is 19.1 Å². The Morgan fingerprint density at radius 1 is 1.40 bits per heavy atom. The smallest absolute Gasteiger partial charge is 0.146 e. The number of benzene rings is 1. The van der Waals surface area contributed by atoms with E-state index >= 15 is 0 Å². The van der Waals surface area contributed by atoms with Crippen LogP contribution in [0.2, 0.25) is 0 Å². The Kier molecular flexibility index (Phi) is 4.88. The summed E-state index contributed by atoms with van der Waals surface area (Å²) in [6.07, 6.45) is 5.08. The molecule has 0 heterocycles. The predicted molar refractivity (Wildman–Crippen MR) is 63.7 cm³/mol. The Morgan fingerprint density at radius 2 is 2.20 bits per heavy atom. The van der Waals surface area contributed by atoms with Crippen LogP contribution in [0.25, 0.3) is 0 Å². The summed E-state index contributed by atoms with van der Waals surface area (Å²) >= 11 is 0. The highest BCUT2D eigenvalue weighted by Gasteiger charge is 2.00. The van der Waals surface area contributed by atoms with Crippen molar-refractivity contribution in [3.8, 4) is 0 Å². The second kappa shape index (κ2) is 6.23. The highest BCUT2D eigenvalue weighted by atomic mass is 19.1. The van der Waals surface area contributed by atoms with Gasteiger partial charge in [0.1, 0.15) is 5.82 Å². The number of allylic oxidation sites excluding steroid dienone is 1. The van der Waals surface area contributed by atoms with Crippen LogP contribution in [0.15, 0.2) is 30.9 Å². The van der Waals surface area contributed by atoms with Gasteiger partial charge in [0.15, 0.2) is 0 Å². The SMILES string of the molecule is C=CCCCCNc1ccc(C)cc1F. The molecule has 0 unspecified atom stereocenters. The van der Waals surface area contributed by atoms with E-state index in [1.54, 1.807) is 12.1 Å². The minimum atomic E-state index is -0.168. The fourth-order valence-corrected chi connectivity index (χ4v) is 1.40. The number of halogens is 1. The number of aryl methyl sites for hydroxylation is 1. The molecule has 0 aliphatic carbocycles. The van der Waals surface area contributed by atoms with Crippen LogP contribution in [0.5, 0.6) is 0 Å². The van der Waals surface area contributed by atoms with Crippen molar-refractivity contribution >= 4 is 5.69 Å². The van der Waals surface area contributed by atoms with Crippen molar-refractivity contribution in [2.24, 2.45) is 0 Å². The summed E-state index contributed by atoms with van der Waals surface area (Å²) in [5.74, 6) is -0.168. The molecule has 0 radical (unpaired) electrons. The first-order valence-electron chi connectivity index (χ1n) is 5.35. The van der Waals surface area contributed by atoms with Gasteiger partial charge in [-0.1, -0.05) is 12.1 Å². The number of rotatable bonds is 6. The van der Waals surface area contributed by atoms with Crippen LogP contribution in [-0.2, 0) is 0 Å². The second-order valence-corrected chi connectivity index (χ2v) is 3.69. The second-order valence-electron chi connectivity index (χ2n) is 3.69. The summed E-state index contributed by atoms with van der Waals surface area (Å²) in [5.41, 5.74) is 1.55. The quantitative estimate of drug-likeness (QED) is 0.551. The average molecular weight is 207 g/mol. The maximum Gasteiger partial charge on any atom is 0.146 e. The van der Waals surface area contributed by atoms with Gasteiger partial charge >= 0.3 is 0 Å². The monoisotopic (exact) mass is 207 g/mol. The maximum absolute atomic E-state index is 13.3. The molecule has 0 saturated carbocycles. The molecule has 0 spiro atoms. The molecule has 0 fully saturated rings. The van der Waals surface area contributed by atoms with Crippen LogP contribution in [0, 0.1) is 12.7 Å². The summed E-state index contributed by atoms with van der Waals surface area (Å²) in [6, 6.07) is 5.25. The number of anilines is 1. The van der Waals surface area contributed by atoms with Crippen molar-refractivity contribution in [2.75, 3.05) is 11.9 Å². The van der Waals surface area contributed by atoms with E-state index in [1.165, 1.54) is 0 Å². The molecule has 15 heavy (non-hydrogen) atoms. The van der Waals surface area contributed by atoms with E-state index in [-0.39, 0.29) is 5.82 Å². The summed E-state index contributed by atoms with van der Waals surface area (Å²) < 4.78 is 13.3. The molecule has 1 aromatic rings. The molecule has 0 aromatic heterocycles. The normalized spacial score (nSPS) is 10.0. The molecule has 1 nitrogen and oxygen atoms in total. The molecule has 0 bridgehead atoms. The summed E-state index contributed by atoms with van der Waals surface area (Å²) in [4.78, 5) is 0. The molecule has 2 heteroatoms. The summed E-state index contributed by atoms with van der Waals surface area (Å²) in [5, 5.41) is 3.09. The Bertz CT molecular complexity index is 320. The zero-order valence-corrected chi connectivity index (χ0v) is 9.22. The van der Waals surface area contributed by atoms with Gasteiger partial charge < -0.3 is 5.32 Å². The van der Waals surface area contributed by atoms with Crippen LogP contribution < -0.4 is 5.32 Å². The van der Waals surface area contributed by atoms with E-state index in [0.717, 1.165) is 31.4 Å². The summed E-state index contributed by atoms with van der Waals surface area (Å²) in [6.45, 7) is 6.36. The Balaban J connectivity index is 2.34. The van der Waals surface area contributed by atoms with Crippen molar-refractivity contribution in [2.45, 2.75) is 26.2 Å². The summed E-state index contributed by atoms with van der Waals surface area (Å²) in [7, 11) is 0. The standard InChI is InChI=1S/C13H18FN/c1-3-4-5-6-9-15-13-8-7-11(2)10-12(13)14/h3,7-8,10,15H,1,4-6,9H2,2H3. The zero-order valence-electron chi connectivity index (χ0n) is 9.22. The first kappa shape index (κ1) is 11.8. The van der Waals surface area contributed by atoms with Gasteiger partial charge in [-0.3, -0.25) is 0 Å². The number of unbranched alkanes of at least 4 members (excludes halogenated alkanes) is 2. The highest BCUT2D eigenvalue weighted by Crippen LogP contribution is 2.15. The minimum absolute atomic E-state index is 0.168.